The van der Waals surface area contributed by atoms with E-state index < -0.39 is 0 Å². The van der Waals surface area contributed by atoms with Crippen LogP contribution in [0.2, 0.25) is 0 Å². The number of allylic oxidation sites excluding steroid dienone is 1. The molecule has 1 fully saturated rings. The third kappa shape index (κ3) is 4.80. The Kier molecular flexibility index (Phi) is 5.96. The SMILES string of the molecule is C=CCCCCCC(NN)C(C)C1CC1. The molecule has 0 aromatic rings. The van der Waals surface area contributed by atoms with E-state index in [0.29, 0.717) is 6.04 Å². The molecule has 0 amide bonds. The molecular weight excluding hydrogens is 184 g/mol. The average Bonchev–Trinajstić information content (AvgIpc) is 3.06. The van der Waals surface area contributed by atoms with Gasteiger partial charge in [0.25, 0.3) is 0 Å². The number of nitrogens with two attached hydrogens (primary N) is 1. The first kappa shape index (κ1) is 12.7. The van der Waals surface area contributed by atoms with Crippen molar-refractivity contribution in [1.82, 2.24) is 5.43 Å². The maximum absolute atomic E-state index is 5.61. The van der Waals surface area contributed by atoms with E-state index in [4.69, 9.17) is 5.84 Å². The van der Waals surface area contributed by atoms with Gasteiger partial charge < -0.3 is 0 Å². The van der Waals surface area contributed by atoms with Gasteiger partial charge in [-0.05, 0) is 43.9 Å². The molecule has 1 aliphatic carbocycles. The zero-order valence-corrected chi connectivity index (χ0v) is 10.0. The van der Waals surface area contributed by atoms with E-state index in [1.165, 1.54) is 38.5 Å². The van der Waals surface area contributed by atoms with Crippen molar-refractivity contribution in [3.05, 3.63) is 12.7 Å². The molecule has 0 saturated heterocycles. The fourth-order valence-corrected chi connectivity index (χ4v) is 2.28. The predicted molar refractivity (Wildman–Crippen MR) is 66.3 cm³/mol. The van der Waals surface area contributed by atoms with Gasteiger partial charge in [0.05, 0.1) is 0 Å². The highest BCUT2D eigenvalue weighted by molar-refractivity contribution is 4.85. The second-order valence-corrected chi connectivity index (χ2v) is 4.90. The van der Waals surface area contributed by atoms with Gasteiger partial charge in [0.2, 0.25) is 0 Å². The molecular formula is C13H26N2. The summed E-state index contributed by atoms with van der Waals surface area (Å²) in [6.07, 6.45) is 11.1. The van der Waals surface area contributed by atoms with E-state index in [1.54, 1.807) is 0 Å². The van der Waals surface area contributed by atoms with Crippen molar-refractivity contribution < 1.29 is 0 Å². The quantitative estimate of drug-likeness (QED) is 0.266. The summed E-state index contributed by atoms with van der Waals surface area (Å²) in [4.78, 5) is 0. The van der Waals surface area contributed by atoms with Crippen LogP contribution in [0.3, 0.4) is 0 Å². The molecule has 1 rings (SSSR count). The van der Waals surface area contributed by atoms with E-state index in [1.807, 2.05) is 6.08 Å². The molecule has 0 aromatic carbocycles. The van der Waals surface area contributed by atoms with E-state index in [0.717, 1.165) is 18.3 Å². The highest BCUT2D eigenvalue weighted by atomic mass is 15.2. The average molecular weight is 210 g/mol. The zero-order chi connectivity index (χ0) is 11.1. The molecule has 1 aliphatic rings. The molecule has 88 valence electrons. The van der Waals surface area contributed by atoms with Crippen molar-refractivity contribution in [3.8, 4) is 0 Å². The van der Waals surface area contributed by atoms with Gasteiger partial charge in [0, 0.05) is 6.04 Å². The lowest BCUT2D eigenvalue weighted by Gasteiger charge is -2.22. The second kappa shape index (κ2) is 7.02. The Bertz CT molecular complexity index is 175. The van der Waals surface area contributed by atoms with Crippen molar-refractivity contribution in [1.29, 1.82) is 0 Å². The van der Waals surface area contributed by atoms with Crippen LogP contribution in [0, 0.1) is 11.8 Å². The third-order valence-electron chi connectivity index (χ3n) is 3.64. The van der Waals surface area contributed by atoms with E-state index in [2.05, 4.69) is 18.9 Å². The van der Waals surface area contributed by atoms with Crippen LogP contribution in [0.15, 0.2) is 12.7 Å². The van der Waals surface area contributed by atoms with Crippen molar-refractivity contribution >= 4 is 0 Å². The van der Waals surface area contributed by atoms with E-state index in [-0.39, 0.29) is 0 Å². The zero-order valence-electron chi connectivity index (χ0n) is 10.0. The van der Waals surface area contributed by atoms with Gasteiger partial charge in [-0.25, -0.2) is 0 Å². The highest BCUT2D eigenvalue weighted by Gasteiger charge is 2.32. The molecule has 2 nitrogen and oxygen atoms in total. The lowest BCUT2D eigenvalue weighted by atomic mass is 9.92. The van der Waals surface area contributed by atoms with Crippen LogP contribution in [0.1, 0.15) is 51.9 Å². The molecule has 0 spiro atoms. The van der Waals surface area contributed by atoms with Gasteiger partial charge in [-0.15, -0.1) is 6.58 Å². The van der Waals surface area contributed by atoms with E-state index in [9.17, 15) is 0 Å². The first-order valence-electron chi connectivity index (χ1n) is 6.36. The molecule has 2 heteroatoms. The molecule has 2 atom stereocenters. The summed E-state index contributed by atoms with van der Waals surface area (Å²) < 4.78 is 0. The molecule has 0 bridgehead atoms. The van der Waals surface area contributed by atoms with Crippen molar-refractivity contribution in [2.45, 2.75) is 57.9 Å². The summed E-state index contributed by atoms with van der Waals surface area (Å²) in [5, 5.41) is 0. The summed E-state index contributed by atoms with van der Waals surface area (Å²) in [7, 11) is 0. The van der Waals surface area contributed by atoms with Crippen LogP contribution in [-0.2, 0) is 0 Å². The minimum Gasteiger partial charge on any atom is -0.271 e. The highest BCUT2D eigenvalue weighted by Crippen LogP contribution is 2.38. The van der Waals surface area contributed by atoms with Gasteiger partial charge in [0.1, 0.15) is 0 Å². The number of hydrogen-bond acceptors (Lipinski definition) is 2. The van der Waals surface area contributed by atoms with Gasteiger partial charge in [-0.1, -0.05) is 25.8 Å². The van der Waals surface area contributed by atoms with Crippen molar-refractivity contribution in [2.24, 2.45) is 17.7 Å². The minimum absolute atomic E-state index is 0.529. The number of nitrogens with one attached hydrogen (secondary N) is 1. The fourth-order valence-electron chi connectivity index (χ4n) is 2.28. The van der Waals surface area contributed by atoms with Gasteiger partial charge in [0.15, 0.2) is 0 Å². The first-order chi connectivity index (χ1) is 7.29. The fraction of sp³-hybridized carbons (Fsp3) is 0.846. The van der Waals surface area contributed by atoms with Crippen molar-refractivity contribution in [3.63, 3.8) is 0 Å². The number of hydrazine groups is 1. The summed E-state index contributed by atoms with van der Waals surface area (Å²) in [6, 6.07) is 0.529. The second-order valence-electron chi connectivity index (χ2n) is 4.90. The number of rotatable bonds is 9. The summed E-state index contributed by atoms with van der Waals surface area (Å²) in [5.41, 5.74) is 2.99. The molecule has 3 N–H and O–H groups in total. The smallest absolute Gasteiger partial charge is 0.0238 e. The van der Waals surface area contributed by atoms with Crippen LogP contribution < -0.4 is 11.3 Å². The van der Waals surface area contributed by atoms with Crippen molar-refractivity contribution in [2.75, 3.05) is 0 Å². The maximum atomic E-state index is 5.61. The largest absolute Gasteiger partial charge is 0.271 e. The Morgan fingerprint density at radius 3 is 2.67 bits per heavy atom. The normalized spacial score (nSPS) is 19.9. The van der Waals surface area contributed by atoms with Crippen LogP contribution in [0.4, 0.5) is 0 Å². The Balaban J connectivity index is 2.07. The molecule has 0 aromatic heterocycles. The van der Waals surface area contributed by atoms with Crippen LogP contribution in [-0.4, -0.2) is 6.04 Å². The Hall–Kier alpha value is -0.340. The third-order valence-corrected chi connectivity index (χ3v) is 3.64. The Morgan fingerprint density at radius 1 is 1.40 bits per heavy atom. The van der Waals surface area contributed by atoms with Crippen LogP contribution >= 0.6 is 0 Å². The number of hydrogen-bond donors (Lipinski definition) is 2. The van der Waals surface area contributed by atoms with Gasteiger partial charge >= 0.3 is 0 Å². The molecule has 2 unspecified atom stereocenters. The predicted octanol–water partition coefficient (Wildman–Crippen LogP) is 3.00. The lowest BCUT2D eigenvalue weighted by Crippen LogP contribution is -2.40. The first-order valence-corrected chi connectivity index (χ1v) is 6.36. The molecule has 0 heterocycles. The monoisotopic (exact) mass is 210 g/mol. The van der Waals surface area contributed by atoms with E-state index >= 15 is 0 Å². The van der Waals surface area contributed by atoms with Gasteiger partial charge in [-0.3, -0.25) is 11.3 Å². The maximum Gasteiger partial charge on any atom is 0.0238 e. The molecule has 0 radical (unpaired) electrons. The molecule has 15 heavy (non-hydrogen) atoms. The topological polar surface area (TPSA) is 38.0 Å². The standard InChI is InChI=1S/C13H26N2/c1-3-4-5-6-7-8-13(15-14)11(2)12-9-10-12/h3,11-13,15H,1,4-10,14H2,2H3. The summed E-state index contributed by atoms with van der Waals surface area (Å²) >= 11 is 0. The Morgan fingerprint density at radius 2 is 2.13 bits per heavy atom. The summed E-state index contributed by atoms with van der Waals surface area (Å²) in [5.74, 6) is 7.32. The van der Waals surface area contributed by atoms with Crippen LogP contribution in [0.25, 0.3) is 0 Å². The molecule has 1 saturated carbocycles. The van der Waals surface area contributed by atoms with Crippen LogP contribution in [0.5, 0.6) is 0 Å². The summed E-state index contributed by atoms with van der Waals surface area (Å²) in [6.45, 7) is 6.08. The number of unbranched alkanes of at least 4 members (excludes halogenated alkanes) is 3. The lowest BCUT2D eigenvalue weighted by molar-refractivity contribution is 0.320. The molecule has 0 aliphatic heterocycles. The minimum atomic E-state index is 0.529. The Labute approximate surface area is 94.3 Å². The van der Waals surface area contributed by atoms with Gasteiger partial charge in [-0.2, -0.15) is 0 Å².